The molecule has 0 aliphatic heterocycles. The summed E-state index contributed by atoms with van der Waals surface area (Å²) >= 11 is 1.90. The monoisotopic (exact) mass is 302 g/mol. The van der Waals surface area contributed by atoms with Crippen molar-refractivity contribution >= 4 is 33.5 Å². The summed E-state index contributed by atoms with van der Waals surface area (Å²) in [5, 5.41) is 7.30. The predicted molar refractivity (Wildman–Crippen MR) is 61.6 cm³/mol. The third-order valence-electron chi connectivity index (χ3n) is 1.93. The molecule has 1 aromatic carbocycles. The number of hydrogen-bond donors (Lipinski definition) is 1. The number of rotatable bonds is 1. The number of fused-ring (bicyclic) bond motifs is 1. The highest BCUT2D eigenvalue weighted by Crippen LogP contribution is 2.15. The first-order valence-corrected chi connectivity index (χ1v) is 5.02. The maximum Gasteiger partial charge on any atom is 0.221 e. The summed E-state index contributed by atoms with van der Waals surface area (Å²) in [6, 6.07) is 5.24. The molecule has 5 heteroatoms. The van der Waals surface area contributed by atoms with Crippen LogP contribution in [0.15, 0.2) is 23.0 Å². The lowest BCUT2D eigenvalue weighted by Gasteiger charge is -2.01. The van der Waals surface area contributed by atoms with Gasteiger partial charge in [0.2, 0.25) is 5.43 Å². The molecule has 0 radical (unpaired) electrons. The number of halogens is 1. The Hall–Kier alpha value is -1.11. The first-order chi connectivity index (χ1) is 6.72. The maximum absolute atomic E-state index is 11.6. The first-order valence-electron chi connectivity index (χ1n) is 3.94. The number of aromatic nitrogens is 2. The molecule has 0 atom stereocenters. The molecule has 0 saturated heterocycles. The minimum atomic E-state index is -0.0537. The van der Waals surface area contributed by atoms with Crippen LogP contribution < -0.4 is 10.2 Å². The number of nitrogens with one attached hydrogen (secondary N) is 1. The lowest BCUT2D eigenvalue weighted by atomic mass is 10.2. The summed E-state index contributed by atoms with van der Waals surface area (Å²) in [4.78, 5) is 11.6. The molecular weight excluding hydrogens is 295 g/mol. The Morgan fingerprint density at radius 3 is 3.00 bits per heavy atom. The Morgan fingerprint density at radius 1 is 1.50 bits per heavy atom. The third-order valence-corrected chi connectivity index (χ3v) is 2.66. The van der Waals surface area contributed by atoms with Crippen molar-refractivity contribution in [2.24, 2.45) is 0 Å². The predicted octanol–water partition coefficient (Wildman–Crippen LogP) is 1.54. The van der Waals surface area contributed by atoms with Crippen LogP contribution in [0.3, 0.4) is 0 Å². The van der Waals surface area contributed by atoms with Gasteiger partial charge in [-0.1, -0.05) is 0 Å². The molecule has 0 aliphatic carbocycles. The zero-order valence-corrected chi connectivity index (χ0v) is 9.53. The molecule has 0 unspecified atom stereocenters. The Labute approximate surface area is 93.4 Å². The summed E-state index contributed by atoms with van der Waals surface area (Å²) < 4.78 is 5.49. The minimum Gasteiger partial charge on any atom is -0.497 e. The Bertz CT molecular complexity index is 536. The number of nitrogens with zero attached hydrogens (tertiary/aromatic N) is 1. The summed E-state index contributed by atoms with van der Waals surface area (Å²) in [7, 11) is 1.58. The Balaban J connectivity index is 2.81. The Kier molecular flexibility index (Phi) is 2.40. The van der Waals surface area contributed by atoms with E-state index >= 15 is 0 Å². The molecule has 14 heavy (non-hydrogen) atoms. The van der Waals surface area contributed by atoms with E-state index in [4.69, 9.17) is 4.74 Å². The van der Waals surface area contributed by atoms with E-state index in [0.29, 0.717) is 20.4 Å². The molecule has 4 nitrogen and oxygen atoms in total. The van der Waals surface area contributed by atoms with Crippen LogP contribution >= 0.6 is 22.6 Å². The zero-order valence-electron chi connectivity index (χ0n) is 7.37. The van der Waals surface area contributed by atoms with Gasteiger partial charge in [0, 0.05) is 6.07 Å². The summed E-state index contributed by atoms with van der Waals surface area (Å²) in [6.07, 6.45) is 0. The number of benzene rings is 1. The maximum atomic E-state index is 11.6. The van der Waals surface area contributed by atoms with Gasteiger partial charge < -0.3 is 4.74 Å². The van der Waals surface area contributed by atoms with Gasteiger partial charge in [0.05, 0.1) is 18.0 Å². The van der Waals surface area contributed by atoms with Gasteiger partial charge in [0.15, 0.2) is 3.70 Å². The van der Waals surface area contributed by atoms with E-state index in [2.05, 4.69) is 10.2 Å². The van der Waals surface area contributed by atoms with Crippen molar-refractivity contribution in [3.8, 4) is 5.75 Å². The highest BCUT2D eigenvalue weighted by molar-refractivity contribution is 14.1. The molecule has 1 N–H and O–H groups in total. The zero-order chi connectivity index (χ0) is 10.1. The minimum absolute atomic E-state index is 0.0537. The quantitative estimate of drug-likeness (QED) is 0.813. The van der Waals surface area contributed by atoms with Crippen molar-refractivity contribution in [1.82, 2.24) is 10.2 Å². The largest absolute Gasteiger partial charge is 0.497 e. The van der Waals surface area contributed by atoms with Gasteiger partial charge in [0.1, 0.15) is 5.75 Å². The number of hydrogen-bond acceptors (Lipinski definition) is 3. The molecule has 2 aromatic rings. The number of methoxy groups -OCH3 is 1. The Morgan fingerprint density at radius 2 is 2.29 bits per heavy atom. The van der Waals surface area contributed by atoms with Gasteiger partial charge in [0.25, 0.3) is 0 Å². The smallest absolute Gasteiger partial charge is 0.221 e. The van der Waals surface area contributed by atoms with Crippen LogP contribution in [0.25, 0.3) is 10.9 Å². The summed E-state index contributed by atoms with van der Waals surface area (Å²) in [6.45, 7) is 0. The average Bonchev–Trinajstić information content (AvgIpc) is 2.23. The van der Waals surface area contributed by atoms with Crippen LogP contribution in [0.5, 0.6) is 5.75 Å². The number of H-pyrrole nitrogens is 1. The molecule has 0 aliphatic rings. The van der Waals surface area contributed by atoms with Crippen molar-refractivity contribution in [2.45, 2.75) is 0 Å². The van der Waals surface area contributed by atoms with Gasteiger partial charge in [-0.25, -0.2) is 0 Å². The second-order valence-corrected chi connectivity index (χ2v) is 3.78. The van der Waals surface area contributed by atoms with E-state index in [9.17, 15) is 4.79 Å². The SMILES string of the molecule is COc1ccc2c(=O)c(I)n[nH]c2c1. The van der Waals surface area contributed by atoms with Crippen LogP contribution in [0.2, 0.25) is 0 Å². The van der Waals surface area contributed by atoms with Crippen molar-refractivity contribution in [3.05, 3.63) is 32.1 Å². The van der Waals surface area contributed by atoms with Gasteiger partial charge in [-0.3, -0.25) is 9.89 Å². The van der Waals surface area contributed by atoms with Crippen molar-refractivity contribution in [1.29, 1.82) is 0 Å². The van der Waals surface area contributed by atoms with Crippen LogP contribution in [0.1, 0.15) is 0 Å². The molecule has 0 fully saturated rings. The average molecular weight is 302 g/mol. The summed E-state index contributed by atoms with van der Waals surface area (Å²) in [5.41, 5.74) is 0.636. The van der Waals surface area contributed by atoms with Crippen LogP contribution in [-0.2, 0) is 0 Å². The topological polar surface area (TPSA) is 55.0 Å². The molecule has 0 amide bonds. The highest BCUT2D eigenvalue weighted by Gasteiger charge is 2.04. The lowest BCUT2D eigenvalue weighted by Crippen LogP contribution is -2.09. The van der Waals surface area contributed by atoms with E-state index in [1.165, 1.54) is 0 Å². The van der Waals surface area contributed by atoms with Crippen molar-refractivity contribution < 1.29 is 4.74 Å². The van der Waals surface area contributed by atoms with Crippen molar-refractivity contribution in [2.75, 3.05) is 7.11 Å². The normalized spacial score (nSPS) is 10.4. The first kappa shape index (κ1) is 9.45. The van der Waals surface area contributed by atoms with Crippen LogP contribution in [-0.4, -0.2) is 17.3 Å². The lowest BCUT2D eigenvalue weighted by molar-refractivity contribution is 0.415. The van der Waals surface area contributed by atoms with Gasteiger partial charge >= 0.3 is 0 Å². The fourth-order valence-corrected chi connectivity index (χ4v) is 1.62. The van der Waals surface area contributed by atoms with E-state index in [0.717, 1.165) is 0 Å². The molecule has 1 aromatic heterocycles. The second-order valence-electron chi connectivity index (χ2n) is 2.76. The van der Waals surface area contributed by atoms with E-state index in [1.807, 2.05) is 22.6 Å². The molecule has 2 rings (SSSR count). The van der Waals surface area contributed by atoms with Gasteiger partial charge in [-0.05, 0) is 34.7 Å². The molecule has 1 heterocycles. The molecule has 0 bridgehead atoms. The number of ether oxygens (including phenoxy) is 1. The van der Waals surface area contributed by atoms with Crippen molar-refractivity contribution in [3.63, 3.8) is 0 Å². The molecule has 72 valence electrons. The van der Waals surface area contributed by atoms with E-state index in [1.54, 1.807) is 25.3 Å². The fourth-order valence-electron chi connectivity index (χ4n) is 1.21. The molecular formula is C9H7IN2O2. The van der Waals surface area contributed by atoms with Gasteiger partial charge in [-0.2, -0.15) is 5.10 Å². The van der Waals surface area contributed by atoms with Crippen LogP contribution in [0, 0.1) is 3.70 Å². The van der Waals surface area contributed by atoms with Gasteiger partial charge in [-0.15, -0.1) is 0 Å². The second kappa shape index (κ2) is 3.56. The molecule has 0 saturated carbocycles. The molecule has 0 spiro atoms. The summed E-state index contributed by atoms with van der Waals surface area (Å²) in [5.74, 6) is 0.705. The standard InChI is InChI=1S/C9H7IN2O2/c1-14-5-2-3-6-7(4-5)11-12-9(10)8(6)13/h2-4H,1H3,(H,11,13). The third kappa shape index (κ3) is 1.47. The highest BCUT2D eigenvalue weighted by atomic mass is 127. The van der Waals surface area contributed by atoms with E-state index < -0.39 is 0 Å². The number of aromatic amines is 1. The fraction of sp³-hybridized carbons (Fsp3) is 0.111. The van der Waals surface area contributed by atoms with E-state index in [-0.39, 0.29) is 5.43 Å². The van der Waals surface area contributed by atoms with Crippen LogP contribution in [0.4, 0.5) is 0 Å².